The van der Waals surface area contributed by atoms with E-state index in [4.69, 9.17) is 14.7 Å². The molecule has 0 saturated carbocycles. The molecule has 0 fully saturated rings. The lowest BCUT2D eigenvalue weighted by Gasteiger charge is -2.36. The van der Waals surface area contributed by atoms with Crippen molar-refractivity contribution >= 4 is 17.7 Å². The molecule has 0 saturated heterocycles. The number of esters is 1. The first-order valence-electron chi connectivity index (χ1n) is 8.87. The molecule has 0 radical (unpaired) electrons. The van der Waals surface area contributed by atoms with E-state index in [9.17, 15) is 4.79 Å². The van der Waals surface area contributed by atoms with Crippen LogP contribution in [0.25, 0.3) is 0 Å². The van der Waals surface area contributed by atoms with E-state index < -0.39 is 11.6 Å². The summed E-state index contributed by atoms with van der Waals surface area (Å²) in [6.45, 7) is 4.00. The predicted octanol–water partition coefficient (Wildman–Crippen LogP) is 5.44. The highest BCUT2D eigenvalue weighted by Gasteiger charge is 2.53. The van der Waals surface area contributed by atoms with E-state index in [0.717, 1.165) is 44.5 Å². The van der Waals surface area contributed by atoms with E-state index in [-0.39, 0.29) is 0 Å². The van der Waals surface area contributed by atoms with Gasteiger partial charge in [-0.05, 0) is 61.0 Å². The summed E-state index contributed by atoms with van der Waals surface area (Å²) in [5.74, 6) is 0.985. The lowest BCUT2D eigenvalue weighted by Crippen LogP contribution is -2.33. The van der Waals surface area contributed by atoms with Crippen molar-refractivity contribution in [1.29, 1.82) is 5.26 Å². The van der Waals surface area contributed by atoms with Crippen LogP contribution in [-0.2, 0) is 10.3 Å². The second-order valence-electron chi connectivity index (χ2n) is 7.07. The van der Waals surface area contributed by atoms with Crippen LogP contribution in [0, 0.1) is 24.5 Å². The quantitative estimate of drug-likeness (QED) is 0.317. The molecule has 136 valence electrons. The van der Waals surface area contributed by atoms with Crippen LogP contribution < -0.4 is 4.74 Å². The van der Waals surface area contributed by atoms with Crippen LogP contribution in [0.4, 0.5) is 0 Å². The minimum Gasteiger partial charge on any atom is -0.456 e. The zero-order valence-electron chi connectivity index (χ0n) is 15.3. The Morgan fingerprint density at radius 1 is 0.893 bits per heavy atom. The maximum atomic E-state index is 12.9. The topological polar surface area (TPSA) is 59.3 Å². The lowest BCUT2D eigenvalue weighted by molar-refractivity contribution is 0.0224. The van der Waals surface area contributed by atoms with Gasteiger partial charge in [-0.2, -0.15) is 5.26 Å². The van der Waals surface area contributed by atoms with E-state index in [0.29, 0.717) is 17.1 Å². The number of ether oxygens (including phenoxy) is 2. The monoisotopic (exact) mass is 385 g/mol. The molecule has 5 rings (SSSR count). The largest absolute Gasteiger partial charge is 0.456 e. The molecule has 2 aliphatic rings. The SMILES string of the molecule is Cc1ccc2c(c1)Oc1cc(C)ccc1C21OC(=O)c2cc(SC#N)ccc21. The number of thioether (sulfide) groups is 1. The fraction of sp³-hybridized carbons (Fsp3) is 0.130. The third-order valence-corrected chi connectivity index (χ3v) is 5.83. The molecule has 1 spiro atoms. The van der Waals surface area contributed by atoms with Crippen molar-refractivity contribution in [2.45, 2.75) is 24.3 Å². The van der Waals surface area contributed by atoms with Crippen LogP contribution in [0.2, 0.25) is 0 Å². The molecule has 0 unspecified atom stereocenters. The molecular weight excluding hydrogens is 370 g/mol. The van der Waals surface area contributed by atoms with Gasteiger partial charge in [0.15, 0.2) is 5.60 Å². The van der Waals surface area contributed by atoms with Crippen LogP contribution in [0.3, 0.4) is 0 Å². The first-order chi connectivity index (χ1) is 13.5. The summed E-state index contributed by atoms with van der Waals surface area (Å²) in [4.78, 5) is 13.6. The number of aryl methyl sites for hydroxylation is 2. The smallest absolute Gasteiger partial charge is 0.340 e. The first-order valence-corrected chi connectivity index (χ1v) is 9.68. The summed E-state index contributed by atoms with van der Waals surface area (Å²) in [6, 6.07) is 17.3. The number of carbonyl (C=O) groups excluding carboxylic acids is 1. The zero-order valence-corrected chi connectivity index (χ0v) is 16.1. The lowest BCUT2D eigenvalue weighted by atomic mass is 9.77. The number of fused-ring (bicyclic) bond motifs is 6. The van der Waals surface area contributed by atoms with Gasteiger partial charge >= 0.3 is 5.97 Å². The third-order valence-electron chi connectivity index (χ3n) is 5.25. The molecule has 3 aromatic rings. The molecule has 0 amide bonds. The average Bonchev–Trinajstić information content (AvgIpc) is 2.94. The van der Waals surface area contributed by atoms with Gasteiger partial charge in [0, 0.05) is 21.6 Å². The van der Waals surface area contributed by atoms with E-state index >= 15 is 0 Å². The summed E-state index contributed by atoms with van der Waals surface area (Å²) in [5, 5.41) is 11.0. The normalized spacial score (nSPS) is 15.1. The number of carbonyl (C=O) groups is 1. The molecule has 0 bridgehead atoms. The summed E-state index contributed by atoms with van der Waals surface area (Å²) in [5.41, 5.74) is 3.96. The number of nitriles is 1. The Balaban J connectivity index is 1.84. The predicted molar refractivity (Wildman–Crippen MR) is 106 cm³/mol. The molecule has 3 aromatic carbocycles. The van der Waals surface area contributed by atoms with Crippen LogP contribution >= 0.6 is 11.8 Å². The molecule has 0 aromatic heterocycles. The Morgan fingerprint density at radius 2 is 1.50 bits per heavy atom. The Bertz CT molecular complexity index is 1160. The summed E-state index contributed by atoms with van der Waals surface area (Å²) < 4.78 is 12.3. The third kappa shape index (κ3) is 2.22. The molecule has 0 aliphatic carbocycles. The number of thiocyanates is 1. The maximum Gasteiger partial charge on any atom is 0.340 e. The first kappa shape index (κ1) is 16.9. The van der Waals surface area contributed by atoms with Gasteiger partial charge in [0.1, 0.15) is 16.9 Å². The maximum absolute atomic E-state index is 12.9. The van der Waals surface area contributed by atoms with Gasteiger partial charge in [-0.3, -0.25) is 0 Å². The second kappa shape index (κ2) is 5.88. The minimum absolute atomic E-state index is 0.393. The molecule has 2 heterocycles. The van der Waals surface area contributed by atoms with Crippen molar-refractivity contribution in [3.8, 4) is 16.9 Å². The standard InChI is InChI=1S/C23H15NO3S/c1-13-3-6-18-20(9-13)26-21-10-14(2)4-7-19(21)23(18)17-8-5-15(28-12-24)11-16(17)22(25)27-23/h3-11H,1-2H3. The molecule has 4 nitrogen and oxygen atoms in total. The highest BCUT2D eigenvalue weighted by atomic mass is 32.2. The number of hydrogen-bond acceptors (Lipinski definition) is 5. The van der Waals surface area contributed by atoms with Gasteiger partial charge in [-0.15, -0.1) is 0 Å². The van der Waals surface area contributed by atoms with Crippen molar-refractivity contribution in [1.82, 2.24) is 0 Å². The van der Waals surface area contributed by atoms with E-state index in [2.05, 4.69) is 0 Å². The molecular formula is C23H15NO3S. The van der Waals surface area contributed by atoms with Crippen LogP contribution in [0.15, 0.2) is 59.5 Å². The average molecular weight is 385 g/mol. The molecule has 28 heavy (non-hydrogen) atoms. The second-order valence-corrected chi connectivity index (χ2v) is 7.93. The Labute approximate surface area is 166 Å². The van der Waals surface area contributed by atoms with Gasteiger partial charge < -0.3 is 9.47 Å². The van der Waals surface area contributed by atoms with Crippen molar-refractivity contribution in [2.24, 2.45) is 0 Å². The molecule has 0 atom stereocenters. The van der Waals surface area contributed by atoms with Crippen molar-refractivity contribution in [2.75, 3.05) is 0 Å². The summed E-state index contributed by atoms with van der Waals surface area (Å²) in [7, 11) is 0. The van der Waals surface area contributed by atoms with Crippen molar-refractivity contribution < 1.29 is 14.3 Å². The Hall–Kier alpha value is -3.23. The van der Waals surface area contributed by atoms with E-state index in [1.807, 2.05) is 67.8 Å². The van der Waals surface area contributed by atoms with Crippen LogP contribution in [0.5, 0.6) is 11.5 Å². The summed E-state index contributed by atoms with van der Waals surface area (Å²) >= 11 is 1.03. The van der Waals surface area contributed by atoms with Gasteiger partial charge in [-0.1, -0.05) is 30.3 Å². The van der Waals surface area contributed by atoms with Gasteiger partial charge in [-0.25, -0.2) is 4.79 Å². The fourth-order valence-corrected chi connectivity index (χ4v) is 4.46. The Kier molecular flexibility index (Phi) is 3.55. The molecule has 0 N–H and O–H groups in total. The van der Waals surface area contributed by atoms with Crippen molar-refractivity contribution in [3.05, 3.63) is 88.0 Å². The van der Waals surface area contributed by atoms with Gasteiger partial charge in [0.05, 0.1) is 5.56 Å². The van der Waals surface area contributed by atoms with Crippen LogP contribution in [0.1, 0.15) is 38.2 Å². The van der Waals surface area contributed by atoms with Crippen molar-refractivity contribution in [3.63, 3.8) is 0 Å². The molecule has 2 aliphatic heterocycles. The van der Waals surface area contributed by atoms with Gasteiger partial charge in [0.25, 0.3) is 0 Å². The minimum atomic E-state index is -1.05. The Morgan fingerprint density at radius 3 is 2.11 bits per heavy atom. The molecule has 5 heteroatoms. The van der Waals surface area contributed by atoms with Crippen LogP contribution in [-0.4, -0.2) is 5.97 Å². The highest BCUT2D eigenvalue weighted by molar-refractivity contribution is 8.03. The van der Waals surface area contributed by atoms with Gasteiger partial charge in [0.2, 0.25) is 0 Å². The number of rotatable bonds is 1. The van der Waals surface area contributed by atoms with E-state index in [1.54, 1.807) is 6.07 Å². The van der Waals surface area contributed by atoms with E-state index in [1.165, 1.54) is 0 Å². The highest BCUT2D eigenvalue weighted by Crippen LogP contribution is 2.56. The zero-order chi connectivity index (χ0) is 19.5. The number of benzene rings is 3. The number of hydrogen-bond donors (Lipinski definition) is 0. The fourth-order valence-electron chi connectivity index (χ4n) is 4.04. The number of nitrogens with zero attached hydrogens (tertiary/aromatic N) is 1. The summed E-state index contributed by atoms with van der Waals surface area (Å²) in [6.07, 6.45) is 0.